The van der Waals surface area contributed by atoms with E-state index in [-0.39, 0.29) is 18.2 Å². The molecule has 1 aromatic carbocycles. The lowest BCUT2D eigenvalue weighted by molar-refractivity contribution is -0.137. The lowest BCUT2D eigenvalue weighted by Gasteiger charge is -2.10. The number of nitrogens with one attached hydrogen (secondary N) is 1. The molecule has 1 aromatic heterocycles. The molecule has 0 amide bonds. The number of halogens is 4. The van der Waals surface area contributed by atoms with Crippen LogP contribution in [0, 0.1) is 12.7 Å². The maximum atomic E-state index is 13.3. The molecule has 20 heavy (non-hydrogen) atoms. The summed E-state index contributed by atoms with van der Waals surface area (Å²) >= 11 is 0. The third-order valence-electron chi connectivity index (χ3n) is 2.80. The second-order valence-electron chi connectivity index (χ2n) is 4.36. The Morgan fingerprint density at radius 1 is 1.15 bits per heavy atom. The Morgan fingerprint density at radius 3 is 2.55 bits per heavy atom. The fraction of sp³-hybridized carbons (Fsp3) is 0.214. The molecule has 0 spiro atoms. The highest BCUT2D eigenvalue weighted by Crippen LogP contribution is 2.29. The third-order valence-corrected chi connectivity index (χ3v) is 2.80. The molecule has 2 aromatic rings. The van der Waals surface area contributed by atoms with E-state index in [0.29, 0.717) is 11.1 Å². The van der Waals surface area contributed by atoms with E-state index in [4.69, 9.17) is 0 Å². The molecule has 0 saturated carbocycles. The molecule has 1 N–H and O–H groups in total. The highest BCUT2D eigenvalue weighted by molar-refractivity contribution is 5.39. The monoisotopic (exact) mass is 284 g/mol. The molecule has 0 radical (unpaired) electrons. The second kappa shape index (κ2) is 5.48. The fourth-order valence-electron chi connectivity index (χ4n) is 1.64. The molecule has 2 rings (SSSR count). The van der Waals surface area contributed by atoms with Gasteiger partial charge in [0.15, 0.2) is 0 Å². The quantitative estimate of drug-likeness (QED) is 0.856. The van der Waals surface area contributed by atoms with Crippen LogP contribution in [0.4, 0.5) is 23.4 Å². The van der Waals surface area contributed by atoms with E-state index >= 15 is 0 Å². The molecular formula is C14H12F4N2. The first-order valence-electron chi connectivity index (χ1n) is 5.88. The molecule has 0 fully saturated rings. The van der Waals surface area contributed by atoms with Crippen molar-refractivity contribution in [3.05, 3.63) is 59.0 Å². The van der Waals surface area contributed by atoms with Crippen LogP contribution in [-0.2, 0) is 12.7 Å². The Hall–Kier alpha value is -2.11. The summed E-state index contributed by atoms with van der Waals surface area (Å²) in [5.41, 5.74) is 0.378. The Bertz CT molecular complexity index is 608. The number of aromatic nitrogens is 1. The minimum Gasteiger partial charge on any atom is -0.366 e. The van der Waals surface area contributed by atoms with E-state index < -0.39 is 11.7 Å². The normalized spacial score (nSPS) is 11.4. The molecule has 2 nitrogen and oxygen atoms in total. The maximum Gasteiger partial charge on any atom is 0.416 e. The molecule has 0 saturated heterocycles. The molecule has 0 unspecified atom stereocenters. The van der Waals surface area contributed by atoms with E-state index in [2.05, 4.69) is 10.3 Å². The van der Waals surface area contributed by atoms with E-state index in [0.717, 1.165) is 18.3 Å². The highest BCUT2D eigenvalue weighted by atomic mass is 19.4. The summed E-state index contributed by atoms with van der Waals surface area (Å²) in [4.78, 5) is 3.80. The molecule has 0 aliphatic carbocycles. The first kappa shape index (κ1) is 14.3. The van der Waals surface area contributed by atoms with Gasteiger partial charge in [-0.3, -0.25) is 0 Å². The Balaban J connectivity index is 2.09. The van der Waals surface area contributed by atoms with Crippen molar-refractivity contribution in [1.82, 2.24) is 4.98 Å². The summed E-state index contributed by atoms with van der Waals surface area (Å²) < 4.78 is 50.9. The van der Waals surface area contributed by atoms with Crippen LogP contribution in [-0.4, -0.2) is 4.98 Å². The van der Waals surface area contributed by atoms with Gasteiger partial charge in [-0.25, -0.2) is 9.37 Å². The Labute approximate surface area is 113 Å². The number of anilines is 1. The van der Waals surface area contributed by atoms with Gasteiger partial charge in [0, 0.05) is 12.7 Å². The van der Waals surface area contributed by atoms with E-state index in [1.165, 1.54) is 6.07 Å². The van der Waals surface area contributed by atoms with Crippen LogP contribution in [0.2, 0.25) is 0 Å². The summed E-state index contributed by atoms with van der Waals surface area (Å²) in [6.07, 6.45) is -3.32. The zero-order valence-corrected chi connectivity index (χ0v) is 10.6. The minimum absolute atomic E-state index is 0.0980. The fourth-order valence-corrected chi connectivity index (χ4v) is 1.64. The number of alkyl halides is 3. The van der Waals surface area contributed by atoms with Crippen LogP contribution in [0.25, 0.3) is 0 Å². The number of hydrogen-bond donors (Lipinski definition) is 1. The van der Waals surface area contributed by atoms with Gasteiger partial charge in [-0.15, -0.1) is 0 Å². The smallest absolute Gasteiger partial charge is 0.366 e. The first-order valence-corrected chi connectivity index (χ1v) is 5.88. The molecule has 106 valence electrons. The van der Waals surface area contributed by atoms with Crippen molar-refractivity contribution >= 4 is 5.82 Å². The SMILES string of the molecule is Cc1ccc(CNc2cc(C(F)(F)F)ccn2)cc1F. The van der Waals surface area contributed by atoms with Crippen LogP contribution in [0.5, 0.6) is 0 Å². The van der Waals surface area contributed by atoms with E-state index in [1.807, 2.05) is 0 Å². The van der Waals surface area contributed by atoms with Crippen molar-refractivity contribution < 1.29 is 17.6 Å². The molecule has 0 bridgehead atoms. The molecule has 0 aliphatic heterocycles. The van der Waals surface area contributed by atoms with Gasteiger partial charge in [0.05, 0.1) is 5.56 Å². The molecule has 6 heteroatoms. The maximum absolute atomic E-state index is 13.3. The van der Waals surface area contributed by atoms with Crippen LogP contribution in [0.15, 0.2) is 36.5 Å². The van der Waals surface area contributed by atoms with Gasteiger partial charge in [-0.1, -0.05) is 12.1 Å². The molecule has 1 heterocycles. The summed E-state index contributed by atoms with van der Waals surface area (Å²) in [5.74, 6) is -0.248. The van der Waals surface area contributed by atoms with Crippen LogP contribution in [0.3, 0.4) is 0 Å². The average Bonchev–Trinajstić information content (AvgIpc) is 2.39. The molecule has 0 atom stereocenters. The molecular weight excluding hydrogens is 272 g/mol. The minimum atomic E-state index is -4.41. The van der Waals surface area contributed by atoms with Gasteiger partial charge in [-0.2, -0.15) is 13.2 Å². The highest BCUT2D eigenvalue weighted by Gasteiger charge is 2.30. The number of nitrogens with zero attached hydrogens (tertiary/aromatic N) is 1. The van der Waals surface area contributed by atoms with Gasteiger partial charge >= 0.3 is 6.18 Å². The summed E-state index contributed by atoms with van der Waals surface area (Å²) in [5, 5.41) is 2.74. The van der Waals surface area contributed by atoms with E-state index in [9.17, 15) is 17.6 Å². The van der Waals surface area contributed by atoms with Gasteiger partial charge in [0.1, 0.15) is 11.6 Å². The predicted octanol–water partition coefficient (Wildman–Crippen LogP) is 4.16. The van der Waals surface area contributed by atoms with Crippen LogP contribution < -0.4 is 5.32 Å². The van der Waals surface area contributed by atoms with Crippen molar-refractivity contribution in [1.29, 1.82) is 0 Å². The lowest BCUT2D eigenvalue weighted by atomic mass is 10.1. The zero-order chi connectivity index (χ0) is 14.8. The van der Waals surface area contributed by atoms with Crippen LogP contribution >= 0.6 is 0 Å². The third kappa shape index (κ3) is 3.46. The Kier molecular flexibility index (Phi) is 3.92. The van der Waals surface area contributed by atoms with Crippen molar-refractivity contribution in [3.63, 3.8) is 0 Å². The number of pyridine rings is 1. The topological polar surface area (TPSA) is 24.9 Å². The lowest BCUT2D eigenvalue weighted by Crippen LogP contribution is -2.07. The largest absolute Gasteiger partial charge is 0.416 e. The van der Waals surface area contributed by atoms with Gasteiger partial charge in [0.25, 0.3) is 0 Å². The summed E-state index contributed by atoms with van der Waals surface area (Å²) in [6.45, 7) is 1.84. The number of benzene rings is 1. The zero-order valence-electron chi connectivity index (χ0n) is 10.6. The second-order valence-corrected chi connectivity index (χ2v) is 4.36. The number of rotatable bonds is 3. The van der Waals surface area contributed by atoms with Crippen molar-refractivity contribution in [2.24, 2.45) is 0 Å². The predicted molar refractivity (Wildman–Crippen MR) is 67.7 cm³/mol. The van der Waals surface area contributed by atoms with Gasteiger partial charge < -0.3 is 5.32 Å². The molecule has 0 aliphatic rings. The van der Waals surface area contributed by atoms with E-state index in [1.54, 1.807) is 19.1 Å². The van der Waals surface area contributed by atoms with Crippen molar-refractivity contribution in [2.75, 3.05) is 5.32 Å². The van der Waals surface area contributed by atoms with Crippen LogP contribution in [0.1, 0.15) is 16.7 Å². The number of hydrogen-bond acceptors (Lipinski definition) is 2. The van der Waals surface area contributed by atoms with Crippen molar-refractivity contribution in [2.45, 2.75) is 19.6 Å². The van der Waals surface area contributed by atoms with Crippen molar-refractivity contribution in [3.8, 4) is 0 Å². The van der Waals surface area contributed by atoms with Gasteiger partial charge in [0.2, 0.25) is 0 Å². The average molecular weight is 284 g/mol. The summed E-state index contributed by atoms with van der Waals surface area (Å²) in [7, 11) is 0. The standard InChI is InChI=1S/C14H12F4N2/c1-9-2-3-10(6-12(9)15)8-20-13-7-11(4-5-19-13)14(16,17)18/h2-7H,8H2,1H3,(H,19,20). The van der Waals surface area contributed by atoms with Gasteiger partial charge in [-0.05, 0) is 36.2 Å². The number of aryl methyl sites for hydroxylation is 1. The summed E-state index contributed by atoms with van der Waals surface area (Å²) in [6, 6.07) is 6.49. The first-order chi connectivity index (χ1) is 9.36. The Morgan fingerprint density at radius 2 is 1.90 bits per heavy atom.